The van der Waals surface area contributed by atoms with Crippen LogP contribution in [0.25, 0.3) is 23.3 Å². The highest BCUT2D eigenvalue weighted by Gasteiger charge is 2.20. The van der Waals surface area contributed by atoms with Crippen LogP contribution in [0.2, 0.25) is 0 Å². The van der Waals surface area contributed by atoms with Crippen LogP contribution >= 0.6 is 0 Å². The number of Topliss-reactive ketones (excluding diaryl/α,β-unsaturated/α-hetero) is 1. The maximum absolute atomic E-state index is 13.2. The van der Waals surface area contributed by atoms with Crippen molar-refractivity contribution in [2.45, 2.75) is 33.1 Å². The zero-order valence-corrected chi connectivity index (χ0v) is 19.4. The van der Waals surface area contributed by atoms with Gasteiger partial charge < -0.3 is 4.90 Å². The van der Waals surface area contributed by atoms with E-state index in [1.54, 1.807) is 12.1 Å². The van der Waals surface area contributed by atoms with Gasteiger partial charge in [0.1, 0.15) is 5.82 Å². The van der Waals surface area contributed by atoms with Crippen LogP contribution in [0, 0.1) is 5.82 Å². The number of ketones is 1. The molecule has 0 bridgehead atoms. The number of allylic oxidation sites excluding steroid dienone is 2. The lowest BCUT2D eigenvalue weighted by Crippen LogP contribution is -2.21. The van der Waals surface area contributed by atoms with Crippen molar-refractivity contribution in [3.63, 3.8) is 0 Å². The Morgan fingerprint density at radius 2 is 1.18 bits per heavy atom. The van der Waals surface area contributed by atoms with Gasteiger partial charge in [-0.25, -0.2) is 4.39 Å². The number of benzene rings is 3. The van der Waals surface area contributed by atoms with Crippen molar-refractivity contribution in [3.05, 3.63) is 101 Å². The Morgan fingerprint density at radius 1 is 0.727 bits per heavy atom. The van der Waals surface area contributed by atoms with Gasteiger partial charge in [-0.05, 0) is 91.8 Å². The fraction of sp³-hybridized carbons (Fsp3) is 0.233. The number of hydrogen-bond acceptors (Lipinski definition) is 2. The first-order chi connectivity index (χ1) is 16.1. The molecule has 0 aliphatic heterocycles. The van der Waals surface area contributed by atoms with Crippen molar-refractivity contribution < 1.29 is 9.18 Å². The van der Waals surface area contributed by atoms with Gasteiger partial charge in [0.05, 0.1) is 0 Å². The van der Waals surface area contributed by atoms with Gasteiger partial charge in [0.15, 0.2) is 5.78 Å². The van der Waals surface area contributed by atoms with Gasteiger partial charge >= 0.3 is 0 Å². The molecule has 33 heavy (non-hydrogen) atoms. The van der Waals surface area contributed by atoms with Gasteiger partial charge in [0, 0.05) is 29.9 Å². The second-order valence-corrected chi connectivity index (χ2v) is 8.41. The highest BCUT2D eigenvalue weighted by Crippen LogP contribution is 2.29. The highest BCUT2D eigenvalue weighted by molar-refractivity contribution is 6.14. The van der Waals surface area contributed by atoms with Crippen molar-refractivity contribution in [1.29, 1.82) is 0 Å². The summed E-state index contributed by atoms with van der Waals surface area (Å²) >= 11 is 0. The number of carbonyl (C=O) groups excluding carboxylic acids is 1. The summed E-state index contributed by atoms with van der Waals surface area (Å²) in [6, 6.07) is 23.0. The molecule has 0 spiro atoms. The van der Waals surface area contributed by atoms with Crippen molar-refractivity contribution >= 4 is 23.6 Å². The van der Waals surface area contributed by atoms with E-state index in [9.17, 15) is 9.18 Å². The third-order valence-corrected chi connectivity index (χ3v) is 6.27. The Labute approximate surface area is 196 Å². The van der Waals surface area contributed by atoms with Crippen LogP contribution in [0.3, 0.4) is 0 Å². The van der Waals surface area contributed by atoms with Gasteiger partial charge in [-0.3, -0.25) is 4.79 Å². The Balaban J connectivity index is 1.50. The lowest BCUT2D eigenvalue weighted by atomic mass is 9.86. The lowest BCUT2D eigenvalue weighted by molar-refractivity contribution is -0.112. The van der Waals surface area contributed by atoms with Crippen molar-refractivity contribution in [2.24, 2.45) is 0 Å². The zero-order chi connectivity index (χ0) is 23.2. The molecule has 0 heterocycles. The third kappa shape index (κ3) is 5.48. The van der Waals surface area contributed by atoms with Gasteiger partial charge in [0.2, 0.25) is 0 Å². The van der Waals surface area contributed by atoms with E-state index in [0.29, 0.717) is 0 Å². The van der Waals surface area contributed by atoms with E-state index in [2.05, 4.69) is 43.0 Å². The van der Waals surface area contributed by atoms with Crippen molar-refractivity contribution in [1.82, 2.24) is 0 Å². The number of nitrogens with zero attached hydrogens (tertiary/aromatic N) is 1. The molecule has 0 radical (unpaired) electrons. The third-order valence-electron chi connectivity index (χ3n) is 6.27. The Hall–Kier alpha value is -3.46. The van der Waals surface area contributed by atoms with Gasteiger partial charge in [0.25, 0.3) is 0 Å². The first-order valence-electron chi connectivity index (χ1n) is 11.7. The Bertz CT molecular complexity index is 1150. The average molecular weight is 440 g/mol. The first kappa shape index (κ1) is 22.7. The smallest absolute Gasteiger partial charge is 0.185 e. The molecule has 168 valence electrons. The monoisotopic (exact) mass is 439 g/mol. The van der Waals surface area contributed by atoms with Crippen molar-refractivity contribution in [3.8, 4) is 11.1 Å². The number of hydrogen-bond donors (Lipinski definition) is 0. The molecule has 3 aromatic carbocycles. The van der Waals surface area contributed by atoms with E-state index < -0.39 is 0 Å². The van der Waals surface area contributed by atoms with Crippen LogP contribution in [0.1, 0.15) is 44.2 Å². The normalized spacial score (nSPS) is 16.4. The minimum absolute atomic E-state index is 0.150. The predicted octanol–water partition coefficient (Wildman–Crippen LogP) is 7.56. The zero-order valence-electron chi connectivity index (χ0n) is 19.4. The Morgan fingerprint density at radius 3 is 1.67 bits per heavy atom. The molecular weight excluding hydrogens is 409 g/mol. The molecule has 3 heteroatoms. The van der Waals surface area contributed by atoms with E-state index in [1.165, 1.54) is 17.8 Å². The summed E-state index contributed by atoms with van der Waals surface area (Å²) in [4.78, 5) is 15.5. The fourth-order valence-electron chi connectivity index (χ4n) is 4.36. The predicted molar refractivity (Wildman–Crippen MR) is 137 cm³/mol. The van der Waals surface area contributed by atoms with E-state index in [1.807, 2.05) is 36.4 Å². The summed E-state index contributed by atoms with van der Waals surface area (Å²) in [5.74, 6) is -0.0868. The SMILES string of the molecule is CCN(CC)c1ccc(/C=C2\CCC/C(=C\c3ccc(-c4ccc(F)cc4)cc3)C2=O)cc1. The topological polar surface area (TPSA) is 20.3 Å². The molecular formula is C30H30FNO. The summed E-state index contributed by atoms with van der Waals surface area (Å²) in [6.07, 6.45) is 6.65. The summed E-state index contributed by atoms with van der Waals surface area (Å²) in [6.45, 7) is 6.28. The molecule has 3 aromatic rings. The van der Waals surface area contributed by atoms with Gasteiger partial charge in [-0.2, -0.15) is 0 Å². The van der Waals surface area contributed by atoms with E-state index in [-0.39, 0.29) is 11.6 Å². The largest absolute Gasteiger partial charge is 0.372 e. The first-order valence-corrected chi connectivity index (χ1v) is 11.7. The summed E-state index contributed by atoms with van der Waals surface area (Å²) < 4.78 is 13.2. The lowest BCUT2D eigenvalue weighted by Gasteiger charge is -2.21. The van der Waals surface area contributed by atoms with Crippen LogP contribution < -0.4 is 4.90 Å². The second-order valence-electron chi connectivity index (χ2n) is 8.41. The average Bonchev–Trinajstić information content (AvgIpc) is 2.84. The molecule has 0 aromatic heterocycles. The molecule has 4 rings (SSSR count). The van der Waals surface area contributed by atoms with Crippen LogP contribution in [0.15, 0.2) is 83.9 Å². The molecule has 0 atom stereocenters. The highest BCUT2D eigenvalue weighted by atomic mass is 19.1. The minimum atomic E-state index is -0.236. The Kier molecular flexibility index (Phi) is 7.19. The van der Waals surface area contributed by atoms with Crippen molar-refractivity contribution in [2.75, 3.05) is 18.0 Å². The molecule has 1 aliphatic carbocycles. The van der Waals surface area contributed by atoms with E-state index in [4.69, 9.17) is 0 Å². The quantitative estimate of drug-likeness (QED) is 0.369. The van der Waals surface area contributed by atoms with E-state index >= 15 is 0 Å². The number of halogens is 1. The molecule has 2 nitrogen and oxygen atoms in total. The standard InChI is InChI=1S/C30H30FNO/c1-3-32(4-2)29-18-10-23(11-19-29)21-27-7-5-6-26(30(27)33)20-22-8-12-24(13-9-22)25-14-16-28(31)17-15-25/h8-21H,3-7H2,1-2H3/b26-20+,27-21+. The molecule has 0 N–H and O–H groups in total. The van der Waals surface area contributed by atoms with Gasteiger partial charge in [-0.15, -0.1) is 0 Å². The molecule has 0 unspecified atom stereocenters. The summed E-state index contributed by atoms with van der Waals surface area (Å²) in [5.41, 5.74) is 7.03. The molecule has 1 saturated carbocycles. The van der Waals surface area contributed by atoms with Crippen LogP contribution in [-0.4, -0.2) is 18.9 Å². The molecule has 1 fully saturated rings. The summed E-state index contributed by atoms with van der Waals surface area (Å²) in [7, 11) is 0. The number of anilines is 1. The molecule has 1 aliphatic rings. The fourth-order valence-corrected chi connectivity index (χ4v) is 4.36. The molecule has 0 amide bonds. The van der Waals surface area contributed by atoms with Crippen LogP contribution in [-0.2, 0) is 4.79 Å². The molecule has 0 saturated heterocycles. The second kappa shape index (κ2) is 10.4. The van der Waals surface area contributed by atoms with Crippen LogP contribution in [0.5, 0.6) is 0 Å². The number of carbonyl (C=O) groups is 1. The number of rotatable bonds is 6. The maximum atomic E-state index is 13.2. The summed E-state index contributed by atoms with van der Waals surface area (Å²) in [5, 5.41) is 0. The van der Waals surface area contributed by atoms with E-state index in [0.717, 1.165) is 65.8 Å². The van der Waals surface area contributed by atoms with Gasteiger partial charge in [-0.1, -0.05) is 48.5 Å². The van der Waals surface area contributed by atoms with Crippen LogP contribution in [0.4, 0.5) is 10.1 Å². The maximum Gasteiger partial charge on any atom is 0.185 e. The minimum Gasteiger partial charge on any atom is -0.372 e.